The average molecular weight is 313 g/mol. The van der Waals surface area contributed by atoms with Crippen LogP contribution in [-0.4, -0.2) is 17.7 Å². The van der Waals surface area contributed by atoms with E-state index < -0.39 is 0 Å². The molecule has 0 radical (unpaired) electrons. The molecule has 1 aromatic heterocycles. The van der Waals surface area contributed by atoms with Gasteiger partial charge < -0.3 is 0 Å². The molecular weight excluding hydrogens is 292 g/mol. The second-order valence-electron chi connectivity index (χ2n) is 5.65. The summed E-state index contributed by atoms with van der Waals surface area (Å²) in [5, 5.41) is 0.503. The number of aromatic nitrogens is 1. The van der Waals surface area contributed by atoms with Gasteiger partial charge in [-0.1, -0.05) is 44.2 Å². The maximum absolute atomic E-state index is 5.93. The third kappa shape index (κ3) is 3.63. The van der Waals surface area contributed by atoms with E-state index in [1.54, 1.807) is 6.07 Å². The number of nitrogens with zero attached hydrogens (tertiary/aromatic N) is 2. The summed E-state index contributed by atoms with van der Waals surface area (Å²) in [5.74, 6) is 0.461. The molecule has 0 aromatic carbocycles. The fraction of sp³-hybridized carbons (Fsp3) is 0.263. The number of aryl methyl sites for hydroxylation is 1. The Morgan fingerprint density at radius 2 is 2.05 bits per heavy atom. The Balaban J connectivity index is 2.42. The maximum Gasteiger partial charge on any atom is 0.129 e. The lowest BCUT2D eigenvalue weighted by atomic mass is 9.90. The van der Waals surface area contributed by atoms with Crippen molar-refractivity contribution in [1.82, 2.24) is 4.98 Å². The Morgan fingerprint density at radius 1 is 1.32 bits per heavy atom. The minimum atomic E-state index is 0.461. The minimum absolute atomic E-state index is 0.461. The molecule has 0 fully saturated rings. The first kappa shape index (κ1) is 16.4. The zero-order valence-corrected chi connectivity index (χ0v) is 14.3. The van der Waals surface area contributed by atoms with Gasteiger partial charge in [0, 0.05) is 18.3 Å². The van der Waals surface area contributed by atoms with Gasteiger partial charge in [-0.25, -0.2) is 4.98 Å². The molecule has 1 aliphatic rings. The van der Waals surface area contributed by atoms with E-state index in [9.17, 15) is 0 Å². The second-order valence-corrected chi connectivity index (χ2v) is 6.04. The van der Waals surface area contributed by atoms with Crippen LogP contribution in [0, 0.1) is 12.8 Å². The van der Waals surface area contributed by atoms with Crippen LogP contribution in [0.3, 0.4) is 0 Å². The van der Waals surface area contributed by atoms with Crippen LogP contribution in [0.1, 0.15) is 25.1 Å². The van der Waals surface area contributed by atoms with E-state index in [4.69, 9.17) is 11.6 Å². The van der Waals surface area contributed by atoms with E-state index in [0.29, 0.717) is 11.1 Å². The zero-order chi connectivity index (χ0) is 16.3. The Hall–Kier alpha value is -1.93. The number of aliphatic imine (C=N–C) groups is 1. The Bertz CT molecular complexity index is 719. The molecule has 1 heterocycles. The normalized spacial score (nSPS) is 18.2. The van der Waals surface area contributed by atoms with Crippen molar-refractivity contribution in [3.05, 3.63) is 70.6 Å². The van der Waals surface area contributed by atoms with E-state index >= 15 is 0 Å². The molecule has 3 heteroatoms. The number of allylic oxidation sites excluding steroid dienone is 7. The fourth-order valence-electron chi connectivity index (χ4n) is 2.44. The van der Waals surface area contributed by atoms with Crippen molar-refractivity contribution in [2.75, 3.05) is 7.05 Å². The molecule has 114 valence electrons. The summed E-state index contributed by atoms with van der Waals surface area (Å²) in [6, 6.07) is 3.77. The summed E-state index contributed by atoms with van der Waals surface area (Å²) in [7, 11) is 1.81. The van der Waals surface area contributed by atoms with Crippen LogP contribution in [0.4, 0.5) is 0 Å². The van der Waals surface area contributed by atoms with Crippen molar-refractivity contribution in [2.45, 2.75) is 20.8 Å². The van der Waals surface area contributed by atoms with E-state index in [1.165, 1.54) is 0 Å². The SMILES string of the molecule is C=C(C1=C/C(=C/C(C)C)C(=NC)C=C1)c1ccc(Cl)nc1C. The second kappa shape index (κ2) is 6.89. The first-order chi connectivity index (χ1) is 10.4. The standard InChI is InChI=1S/C19H21ClN2/c1-12(2)10-16-11-15(6-8-18(16)21-5)13(3)17-7-9-19(20)22-14(17)4/h6-12H,3H2,1-2,4-5H3/b16-10-,21-18?. The van der Waals surface area contributed by atoms with Crippen LogP contribution in [0.25, 0.3) is 5.57 Å². The van der Waals surface area contributed by atoms with Crippen molar-refractivity contribution in [2.24, 2.45) is 10.9 Å². The van der Waals surface area contributed by atoms with Crippen molar-refractivity contribution in [3.8, 4) is 0 Å². The van der Waals surface area contributed by atoms with Gasteiger partial charge in [-0.2, -0.15) is 0 Å². The van der Waals surface area contributed by atoms with Gasteiger partial charge in [-0.05, 0) is 53.8 Å². The summed E-state index contributed by atoms with van der Waals surface area (Å²) in [6.07, 6.45) is 8.44. The lowest BCUT2D eigenvalue weighted by Crippen LogP contribution is -2.05. The average Bonchev–Trinajstić information content (AvgIpc) is 2.46. The molecular formula is C19H21ClN2. The summed E-state index contributed by atoms with van der Waals surface area (Å²) < 4.78 is 0. The molecule has 1 aromatic rings. The number of rotatable bonds is 3. The van der Waals surface area contributed by atoms with Crippen molar-refractivity contribution >= 4 is 22.9 Å². The molecule has 0 amide bonds. The summed E-state index contributed by atoms with van der Waals surface area (Å²) in [6.45, 7) is 10.5. The van der Waals surface area contributed by atoms with Gasteiger partial charge in [-0.15, -0.1) is 0 Å². The smallest absolute Gasteiger partial charge is 0.129 e. The minimum Gasteiger partial charge on any atom is -0.288 e. The molecule has 0 saturated heterocycles. The van der Waals surface area contributed by atoms with E-state index in [2.05, 4.69) is 48.6 Å². The van der Waals surface area contributed by atoms with Gasteiger partial charge in [0.05, 0.1) is 5.71 Å². The molecule has 1 aliphatic carbocycles. The van der Waals surface area contributed by atoms with Crippen LogP contribution in [-0.2, 0) is 0 Å². The number of halogens is 1. The Morgan fingerprint density at radius 3 is 2.64 bits per heavy atom. The van der Waals surface area contributed by atoms with Gasteiger partial charge in [0.2, 0.25) is 0 Å². The third-order valence-electron chi connectivity index (χ3n) is 3.51. The van der Waals surface area contributed by atoms with Crippen molar-refractivity contribution in [1.29, 1.82) is 0 Å². The highest BCUT2D eigenvalue weighted by molar-refractivity contribution is 6.29. The van der Waals surface area contributed by atoms with Crippen LogP contribution in [0.2, 0.25) is 5.15 Å². The molecule has 0 aliphatic heterocycles. The monoisotopic (exact) mass is 312 g/mol. The predicted molar refractivity (Wildman–Crippen MR) is 96.5 cm³/mol. The predicted octanol–water partition coefficient (Wildman–Crippen LogP) is 5.21. The number of hydrogen-bond donors (Lipinski definition) is 0. The topological polar surface area (TPSA) is 25.2 Å². The molecule has 0 bridgehead atoms. The van der Waals surface area contributed by atoms with Crippen LogP contribution in [0.5, 0.6) is 0 Å². The maximum atomic E-state index is 5.93. The molecule has 22 heavy (non-hydrogen) atoms. The van der Waals surface area contributed by atoms with Crippen molar-refractivity contribution < 1.29 is 0 Å². The van der Waals surface area contributed by atoms with Gasteiger partial charge in [0.15, 0.2) is 0 Å². The van der Waals surface area contributed by atoms with Crippen molar-refractivity contribution in [3.63, 3.8) is 0 Å². The van der Waals surface area contributed by atoms with Gasteiger partial charge in [0.1, 0.15) is 5.15 Å². The Kier molecular flexibility index (Phi) is 5.15. The summed E-state index contributed by atoms with van der Waals surface area (Å²) in [4.78, 5) is 8.64. The van der Waals surface area contributed by atoms with E-state index in [-0.39, 0.29) is 0 Å². The quantitative estimate of drug-likeness (QED) is 0.704. The molecule has 0 saturated carbocycles. The van der Waals surface area contributed by atoms with Crippen LogP contribution < -0.4 is 0 Å². The van der Waals surface area contributed by atoms with Crippen LogP contribution >= 0.6 is 11.6 Å². The Labute approximate surface area is 137 Å². The number of pyridine rings is 1. The van der Waals surface area contributed by atoms with E-state index in [1.807, 2.05) is 26.1 Å². The highest BCUT2D eigenvalue weighted by atomic mass is 35.5. The first-order valence-corrected chi connectivity index (χ1v) is 7.71. The fourth-order valence-corrected chi connectivity index (χ4v) is 2.63. The molecule has 0 N–H and O–H groups in total. The number of hydrogen-bond acceptors (Lipinski definition) is 2. The molecule has 2 rings (SSSR count). The van der Waals surface area contributed by atoms with Gasteiger partial charge in [-0.3, -0.25) is 4.99 Å². The third-order valence-corrected chi connectivity index (χ3v) is 3.72. The zero-order valence-electron chi connectivity index (χ0n) is 13.5. The lowest BCUT2D eigenvalue weighted by Gasteiger charge is -2.16. The molecule has 0 atom stereocenters. The molecule has 0 spiro atoms. The van der Waals surface area contributed by atoms with Crippen LogP contribution in [0.15, 0.2) is 59.2 Å². The molecule has 2 nitrogen and oxygen atoms in total. The lowest BCUT2D eigenvalue weighted by molar-refractivity contribution is 0.829. The van der Waals surface area contributed by atoms with Gasteiger partial charge in [0.25, 0.3) is 0 Å². The van der Waals surface area contributed by atoms with E-state index in [0.717, 1.165) is 33.7 Å². The summed E-state index contributed by atoms with van der Waals surface area (Å²) >= 11 is 5.93. The molecule has 0 unspecified atom stereocenters. The summed E-state index contributed by atoms with van der Waals surface area (Å²) in [5.41, 5.74) is 6.05. The highest BCUT2D eigenvalue weighted by Crippen LogP contribution is 2.29. The largest absolute Gasteiger partial charge is 0.288 e. The first-order valence-electron chi connectivity index (χ1n) is 7.34. The highest BCUT2D eigenvalue weighted by Gasteiger charge is 2.13. The van der Waals surface area contributed by atoms with Gasteiger partial charge >= 0.3 is 0 Å².